The highest BCUT2D eigenvalue weighted by Crippen LogP contribution is 2.24. The summed E-state index contributed by atoms with van der Waals surface area (Å²) in [7, 11) is 0. The maximum atomic E-state index is 13.4. The minimum absolute atomic E-state index is 0.0773. The quantitative estimate of drug-likeness (QED) is 0.185. The summed E-state index contributed by atoms with van der Waals surface area (Å²) in [6.45, 7) is 1.72. The first-order valence-corrected chi connectivity index (χ1v) is 11.5. The molecule has 0 spiro atoms. The van der Waals surface area contributed by atoms with E-state index in [4.69, 9.17) is 9.94 Å². The van der Waals surface area contributed by atoms with Gasteiger partial charge in [0.05, 0.1) is 11.2 Å². The lowest BCUT2D eigenvalue weighted by Gasteiger charge is -2.29. The van der Waals surface area contributed by atoms with Gasteiger partial charge in [0.2, 0.25) is 11.8 Å². The molecular formula is C26H30N4O5. The van der Waals surface area contributed by atoms with Gasteiger partial charge in [0.1, 0.15) is 12.1 Å². The van der Waals surface area contributed by atoms with Crippen LogP contribution in [0.15, 0.2) is 66.9 Å². The van der Waals surface area contributed by atoms with Crippen LogP contribution in [0.1, 0.15) is 44.6 Å². The number of amides is 3. The minimum Gasteiger partial charge on any atom is -0.445 e. The normalized spacial score (nSPS) is 12.4. The van der Waals surface area contributed by atoms with Crippen LogP contribution in [0.2, 0.25) is 0 Å². The number of rotatable bonds is 11. The largest absolute Gasteiger partial charge is 0.445 e. The Kier molecular flexibility index (Phi) is 9.14. The van der Waals surface area contributed by atoms with E-state index in [1.165, 1.54) is 0 Å². The Morgan fingerprint density at radius 1 is 0.971 bits per heavy atom. The fourth-order valence-electron chi connectivity index (χ4n) is 3.68. The van der Waals surface area contributed by atoms with E-state index in [9.17, 15) is 14.4 Å². The Hall–Kier alpha value is -3.98. The maximum absolute atomic E-state index is 13.4. The van der Waals surface area contributed by atoms with Crippen LogP contribution in [-0.2, 0) is 20.9 Å². The van der Waals surface area contributed by atoms with Crippen molar-refractivity contribution in [3.8, 4) is 0 Å². The van der Waals surface area contributed by atoms with Crippen molar-refractivity contribution in [2.24, 2.45) is 0 Å². The lowest BCUT2D eigenvalue weighted by Crippen LogP contribution is -2.54. The molecule has 184 valence electrons. The van der Waals surface area contributed by atoms with Crippen molar-refractivity contribution < 1.29 is 24.3 Å². The van der Waals surface area contributed by atoms with Gasteiger partial charge in [0, 0.05) is 18.0 Å². The number of unbranched alkanes of at least 4 members (excludes halogenated alkanes) is 2. The monoisotopic (exact) mass is 478 g/mol. The van der Waals surface area contributed by atoms with Gasteiger partial charge in [0.15, 0.2) is 0 Å². The number of nitrogens with one attached hydrogen (secondary N) is 3. The number of hydroxylamine groups is 1. The summed E-state index contributed by atoms with van der Waals surface area (Å²) in [5.74, 6) is -0.864. The van der Waals surface area contributed by atoms with Gasteiger partial charge >= 0.3 is 6.09 Å². The van der Waals surface area contributed by atoms with Crippen LogP contribution in [0.4, 0.5) is 10.5 Å². The molecule has 4 N–H and O–H groups in total. The summed E-state index contributed by atoms with van der Waals surface area (Å²) in [6.07, 6.45) is 3.17. The third kappa shape index (κ3) is 7.51. The molecule has 3 amide bonds. The molecule has 1 aromatic heterocycles. The van der Waals surface area contributed by atoms with Gasteiger partial charge in [-0.15, -0.1) is 0 Å². The summed E-state index contributed by atoms with van der Waals surface area (Å²) in [5.41, 5.74) is 2.35. The smallest absolute Gasteiger partial charge is 0.408 e. The molecule has 3 rings (SSSR count). The molecule has 3 aromatic rings. The summed E-state index contributed by atoms with van der Waals surface area (Å²) < 4.78 is 5.34. The molecule has 9 nitrogen and oxygen atoms in total. The maximum Gasteiger partial charge on any atom is 0.408 e. The number of benzene rings is 2. The molecule has 0 radical (unpaired) electrons. The number of hydrogen-bond donors (Lipinski definition) is 4. The highest BCUT2D eigenvalue weighted by molar-refractivity contribution is 6.04. The Balaban J connectivity index is 1.69. The highest BCUT2D eigenvalue weighted by Gasteiger charge is 2.35. The van der Waals surface area contributed by atoms with Crippen molar-refractivity contribution in [1.82, 2.24) is 15.8 Å². The van der Waals surface area contributed by atoms with Gasteiger partial charge in [-0.3, -0.25) is 19.8 Å². The molecule has 9 heteroatoms. The second-order valence-corrected chi connectivity index (χ2v) is 8.45. The van der Waals surface area contributed by atoms with E-state index in [1.54, 1.807) is 24.7 Å². The van der Waals surface area contributed by atoms with Gasteiger partial charge in [-0.05, 0) is 37.5 Å². The van der Waals surface area contributed by atoms with E-state index >= 15 is 0 Å². The SMILES string of the molecule is C[C@@](CCCCCC(=O)NO)(NC(=O)OCc1ccccc1)C(=O)Nc1cccc2cccnc12. The van der Waals surface area contributed by atoms with E-state index in [0.717, 1.165) is 10.9 Å². The Morgan fingerprint density at radius 2 is 1.74 bits per heavy atom. The van der Waals surface area contributed by atoms with Crippen molar-refractivity contribution in [1.29, 1.82) is 0 Å². The molecule has 0 unspecified atom stereocenters. The second-order valence-electron chi connectivity index (χ2n) is 8.45. The zero-order valence-corrected chi connectivity index (χ0v) is 19.6. The molecule has 35 heavy (non-hydrogen) atoms. The van der Waals surface area contributed by atoms with Gasteiger partial charge < -0.3 is 15.4 Å². The molecule has 0 aliphatic carbocycles. The number of carbonyl (C=O) groups is 3. The second kappa shape index (κ2) is 12.5. The molecule has 0 fully saturated rings. The van der Waals surface area contributed by atoms with Crippen LogP contribution in [0, 0.1) is 0 Å². The Bertz CT molecular complexity index is 1150. The van der Waals surface area contributed by atoms with E-state index in [-0.39, 0.29) is 13.0 Å². The van der Waals surface area contributed by atoms with Crippen LogP contribution in [0.3, 0.4) is 0 Å². The number of pyridine rings is 1. The summed E-state index contributed by atoms with van der Waals surface area (Å²) >= 11 is 0. The fraction of sp³-hybridized carbons (Fsp3) is 0.308. The number of hydrogen-bond acceptors (Lipinski definition) is 6. The number of alkyl carbamates (subject to hydrolysis) is 1. The summed E-state index contributed by atoms with van der Waals surface area (Å²) in [5, 5.41) is 15.1. The van der Waals surface area contributed by atoms with E-state index in [1.807, 2.05) is 54.6 Å². The zero-order chi connectivity index (χ0) is 25.1. The highest BCUT2D eigenvalue weighted by atomic mass is 16.5. The zero-order valence-electron chi connectivity index (χ0n) is 19.6. The lowest BCUT2D eigenvalue weighted by atomic mass is 9.92. The number of ether oxygens (including phenoxy) is 1. The van der Waals surface area contributed by atoms with Crippen molar-refractivity contribution in [3.05, 3.63) is 72.4 Å². The number of anilines is 1. The van der Waals surface area contributed by atoms with Crippen molar-refractivity contribution in [2.45, 2.75) is 51.2 Å². The molecule has 2 aromatic carbocycles. The molecule has 0 aliphatic rings. The number of fused-ring (bicyclic) bond motifs is 1. The topological polar surface area (TPSA) is 130 Å². The van der Waals surface area contributed by atoms with Crippen LogP contribution in [0.25, 0.3) is 10.9 Å². The minimum atomic E-state index is -1.27. The summed E-state index contributed by atoms with van der Waals surface area (Å²) in [6, 6.07) is 18.5. The summed E-state index contributed by atoms with van der Waals surface area (Å²) in [4.78, 5) is 41.6. The van der Waals surface area contributed by atoms with Gasteiger partial charge in [-0.25, -0.2) is 10.3 Å². The Labute approximate surface area is 203 Å². The van der Waals surface area contributed by atoms with Gasteiger partial charge in [-0.2, -0.15) is 0 Å². The van der Waals surface area contributed by atoms with E-state index in [0.29, 0.717) is 36.9 Å². The molecular weight excluding hydrogens is 448 g/mol. The number of aromatic nitrogens is 1. The van der Waals surface area contributed by atoms with E-state index in [2.05, 4.69) is 15.6 Å². The first-order chi connectivity index (χ1) is 16.9. The standard InChI is InChI=1S/C26H30N4O5/c1-26(16-7-3-6-15-22(31)30-34,29-25(33)35-18-19-10-4-2-5-11-19)24(32)28-21-14-8-12-20-13-9-17-27-23(20)21/h2,4-5,8-14,17,34H,3,6-7,15-16,18H2,1H3,(H,28,32)(H,29,33)(H,30,31)/t26-/m0/s1. The molecule has 0 bridgehead atoms. The van der Waals surface area contributed by atoms with Crippen LogP contribution < -0.4 is 16.1 Å². The molecule has 0 saturated heterocycles. The van der Waals surface area contributed by atoms with Crippen molar-refractivity contribution in [2.75, 3.05) is 5.32 Å². The lowest BCUT2D eigenvalue weighted by molar-refractivity contribution is -0.129. The van der Waals surface area contributed by atoms with Gasteiger partial charge in [-0.1, -0.05) is 61.4 Å². The van der Waals surface area contributed by atoms with E-state index < -0.39 is 23.4 Å². The van der Waals surface area contributed by atoms with Gasteiger partial charge in [0.25, 0.3) is 0 Å². The Morgan fingerprint density at radius 3 is 2.51 bits per heavy atom. The van der Waals surface area contributed by atoms with Crippen LogP contribution in [0.5, 0.6) is 0 Å². The molecule has 0 aliphatic heterocycles. The number of nitrogens with zero attached hydrogens (tertiary/aromatic N) is 1. The number of carbonyl (C=O) groups excluding carboxylic acids is 3. The third-order valence-corrected chi connectivity index (χ3v) is 5.68. The predicted molar refractivity (Wildman–Crippen MR) is 132 cm³/mol. The van der Waals surface area contributed by atoms with Crippen LogP contribution in [-0.4, -0.2) is 33.6 Å². The average molecular weight is 479 g/mol. The van der Waals surface area contributed by atoms with Crippen molar-refractivity contribution >= 4 is 34.5 Å². The third-order valence-electron chi connectivity index (χ3n) is 5.68. The first-order valence-electron chi connectivity index (χ1n) is 11.5. The van der Waals surface area contributed by atoms with Crippen LogP contribution >= 0.6 is 0 Å². The first kappa shape index (κ1) is 25.6. The van der Waals surface area contributed by atoms with Crippen molar-refractivity contribution in [3.63, 3.8) is 0 Å². The predicted octanol–water partition coefficient (Wildman–Crippen LogP) is 4.31. The molecule has 1 heterocycles. The fourth-order valence-corrected chi connectivity index (χ4v) is 3.68. The number of para-hydroxylation sites is 1. The molecule has 1 atom stereocenters. The average Bonchev–Trinajstić information content (AvgIpc) is 2.88. The molecule has 0 saturated carbocycles.